The Labute approximate surface area is 126 Å². The fourth-order valence-electron chi connectivity index (χ4n) is 1.82. The summed E-state index contributed by atoms with van der Waals surface area (Å²) in [6.07, 6.45) is 1.27. The van der Waals surface area contributed by atoms with Crippen molar-refractivity contribution in [2.75, 3.05) is 0 Å². The summed E-state index contributed by atoms with van der Waals surface area (Å²) in [6.45, 7) is 1.85. The average molecular weight is 299 g/mol. The number of phenolic OH excluding ortho intramolecular Hbond substituents is 1. The van der Waals surface area contributed by atoms with Crippen LogP contribution in [0.15, 0.2) is 47.6 Å². The highest BCUT2D eigenvalue weighted by atomic mass is 16.6. The van der Waals surface area contributed by atoms with E-state index in [-0.39, 0.29) is 17.0 Å². The van der Waals surface area contributed by atoms with Gasteiger partial charge in [-0.3, -0.25) is 14.9 Å². The van der Waals surface area contributed by atoms with Crippen molar-refractivity contribution in [1.82, 2.24) is 5.43 Å². The van der Waals surface area contributed by atoms with Gasteiger partial charge >= 0.3 is 0 Å². The highest BCUT2D eigenvalue weighted by Gasteiger charge is 2.18. The number of aromatic hydroxyl groups is 1. The number of aryl methyl sites for hydroxylation is 1. The third-order valence-corrected chi connectivity index (χ3v) is 2.90. The minimum absolute atomic E-state index is 0.0225. The Kier molecular flexibility index (Phi) is 4.47. The summed E-state index contributed by atoms with van der Waals surface area (Å²) in [5.41, 5.74) is 3.18. The average Bonchev–Trinajstić information content (AvgIpc) is 2.50. The molecule has 2 aromatic carbocycles. The van der Waals surface area contributed by atoms with Crippen molar-refractivity contribution in [2.24, 2.45) is 5.10 Å². The van der Waals surface area contributed by atoms with E-state index >= 15 is 0 Å². The number of rotatable bonds is 4. The number of carbonyl (C=O) groups is 1. The second kappa shape index (κ2) is 6.49. The molecule has 0 aromatic heterocycles. The summed E-state index contributed by atoms with van der Waals surface area (Å²) >= 11 is 0. The van der Waals surface area contributed by atoms with E-state index in [0.717, 1.165) is 5.56 Å². The number of amides is 1. The van der Waals surface area contributed by atoms with Crippen LogP contribution in [0.4, 0.5) is 5.69 Å². The second-order valence-corrected chi connectivity index (χ2v) is 4.54. The summed E-state index contributed by atoms with van der Waals surface area (Å²) in [5.74, 6) is -0.676. The summed E-state index contributed by atoms with van der Waals surface area (Å²) in [7, 11) is 0. The van der Waals surface area contributed by atoms with Crippen LogP contribution in [0.1, 0.15) is 21.5 Å². The molecule has 0 atom stereocenters. The first-order chi connectivity index (χ1) is 10.5. The van der Waals surface area contributed by atoms with Gasteiger partial charge in [-0.25, -0.2) is 5.43 Å². The number of hydrazone groups is 1. The van der Waals surface area contributed by atoms with Gasteiger partial charge in [0.25, 0.3) is 11.6 Å². The minimum atomic E-state index is -0.698. The zero-order valence-electron chi connectivity index (χ0n) is 11.7. The molecule has 0 aliphatic carbocycles. The van der Waals surface area contributed by atoms with E-state index < -0.39 is 10.8 Å². The van der Waals surface area contributed by atoms with E-state index in [1.165, 1.54) is 36.5 Å². The molecule has 1 amide bonds. The molecule has 0 bridgehead atoms. The van der Waals surface area contributed by atoms with Gasteiger partial charge in [-0.05, 0) is 25.1 Å². The number of benzene rings is 2. The molecule has 0 saturated heterocycles. The Balaban J connectivity index is 2.15. The fraction of sp³-hybridized carbons (Fsp3) is 0.0667. The Morgan fingerprint density at radius 1 is 1.32 bits per heavy atom. The molecule has 0 aliphatic rings. The molecule has 2 rings (SSSR count). The van der Waals surface area contributed by atoms with Crippen LogP contribution < -0.4 is 5.43 Å². The number of hydrogen-bond donors (Lipinski definition) is 2. The SMILES string of the molecule is Cc1ccc(O)c(/C=N/NC(=O)c2ccccc2[N+](=O)[O-])c1. The van der Waals surface area contributed by atoms with Crippen molar-refractivity contribution < 1.29 is 14.8 Å². The third kappa shape index (κ3) is 3.45. The number of para-hydroxylation sites is 1. The normalized spacial score (nSPS) is 10.6. The highest BCUT2D eigenvalue weighted by Crippen LogP contribution is 2.18. The molecule has 0 aliphatic heterocycles. The van der Waals surface area contributed by atoms with Gasteiger partial charge in [0.15, 0.2) is 0 Å². The summed E-state index contributed by atoms with van der Waals surface area (Å²) < 4.78 is 0. The largest absolute Gasteiger partial charge is 0.507 e. The molecular weight excluding hydrogens is 286 g/mol. The van der Waals surface area contributed by atoms with Crippen molar-refractivity contribution in [3.05, 3.63) is 69.3 Å². The van der Waals surface area contributed by atoms with Crippen LogP contribution >= 0.6 is 0 Å². The molecule has 0 unspecified atom stereocenters. The molecule has 0 saturated carbocycles. The van der Waals surface area contributed by atoms with E-state index in [9.17, 15) is 20.0 Å². The lowest BCUT2D eigenvalue weighted by Gasteiger charge is -2.02. The van der Waals surface area contributed by atoms with E-state index in [2.05, 4.69) is 10.5 Å². The predicted octanol–water partition coefficient (Wildman–Crippen LogP) is 2.37. The number of hydrogen-bond acceptors (Lipinski definition) is 5. The quantitative estimate of drug-likeness (QED) is 0.513. The maximum Gasteiger partial charge on any atom is 0.282 e. The molecule has 112 valence electrons. The van der Waals surface area contributed by atoms with Crippen LogP contribution in [-0.2, 0) is 0 Å². The van der Waals surface area contributed by atoms with Crippen LogP contribution in [0, 0.1) is 17.0 Å². The van der Waals surface area contributed by atoms with Crippen molar-refractivity contribution in [3.8, 4) is 5.75 Å². The first-order valence-electron chi connectivity index (χ1n) is 6.35. The first kappa shape index (κ1) is 15.2. The Hall–Kier alpha value is -3.22. The summed E-state index contributed by atoms with van der Waals surface area (Å²) in [4.78, 5) is 22.1. The van der Waals surface area contributed by atoms with Crippen LogP contribution in [-0.4, -0.2) is 22.2 Å². The van der Waals surface area contributed by atoms with Crippen LogP contribution in [0.3, 0.4) is 0 Å². The number of phenols is 1. The van der Waals surface area contributed by atoms with Crippen LogP contribution in [0.25, 0.3) is 0 Å². The molecule has 22 heavy (non-hydrogen) atoms. The third-order valence-electron chi connectivity index (χ3n) is 2.90. The zero-order valence-corrected chi connectivity index (χ0v) is 11.7. The summed E-state index contributed by atoms with van der Waals surface area (Å²) in [6, 6.07) is 10.5. The van der Waals surface area contributed by atoms with E-state index in [1.807, 2.05) is 6.92 Å². The zero-order chi connectivity index (χ0) is 16.1. The number of carbonyl (C=O) groups excluding carboxylic acids is 1. The van der Waals surface area contributed by atoms with E-state index in [1.54, 1.807) is 12.1 Å². The molecule has 0 spiro atoms. The van der Waals surface area contributed by atoms with Gasteiger partial charge in [0.2, 0.25) is 0 Å². The van der Waals surface area contributed by atoms with Gasteiger partial charge in [-0.15, -0.1) is 0 Å². The van der Waals surface area contributed by atoms with Gasteiger partial charge in [-0.1, -0.05) is 23.8 Å². The van der Waals surface area contributed by atoms with Gasteiger partial charge < -0.3 is 5.11 Å². The van der Waals surface area contributed by atoms with Crippen LogP contribution in [0.5, 0.6) is 5.75 Å². The molecule has 2 N–H and O–H groups in total. The number of nitro benzene ring substituents is 1. The van der Waals surface area contributed by atoms with Gasteiger partial charge in [-0.2, -0.15) is 5.10 Å². The minimum Gasteiger partial charge on any atom is -0.507 e. The standard InChI is InChI=1S/C15H13N3O4/c1-10-6-7-14(19)11(8-10)9-16-17-15(20)12-4-2-3-5-13(12)18(21)22/h2-9,19H,1H3,(H,17,20)/b16-9+. The van der Waals surface area contributed by atoms with E-state index in [0.29, 0.717) is 5.56 Å². The topological polar surface area (TPSA) is 105 Å². The first-order valence-corrected chi connectivity index (χ1v) is 6.35. The molecule has 0 radical (unpaired) electrons. The predicted molar refractivity (Wildman–Crippen MR) is 81.0 cm³/mol. The smallest absolute Gasteiger partial charge is 0.282 e. The number of nitrogens with zero attached hydrogens (tertiary/aromatic N) is 2. The van der Waals surface area contributed by atoms with Crippen molar-refractivity contribution in [3.63, 3.8) is 0 Å². The molecular formula is C15H13N3O4. The van der Waals surface area contributed by atoms with Gasteiger partial charge in [0, 0.05) is 11.6 Å². The molecule has 7 heteroatoms. The molecule has 0 heterocycles. The van der Waals surface area contributed by atoms with Gasteiger partial charge in [0.05, 0.1) is 11.1 Å². The molecule has 2 aromatic rings. The lowest BCUT2D eigenvalue weighted by atomic mass is 10.1. The summed E-state index contributed by atoms with van der Waals surface area (Å²) in [5, 5.41) is 24.2. The number of nitro groups is 1. The maximum atomic E-state index is 11.9. The van der Waals surface area contributed by atoms with Crippen molar-refractivity contribution in [1.29, 1.82) is 0 Å². The molecule has 7 nitrogen and oxygen atoms in total. The number of nitrogens with one attached hydrogen (secondary N) is 1. The maximum absolute atomic E-state index is 11.9. The Morgan fingerprint density at radius 2 is 2.05 bits per heavy atom. The van der Waals surface area contributed by atoms with Crippen molar-refractivity contribution in [2.45, 2.75) is 6.92 Å². The second-order valence-electron chi connectivity index (χ2n) is 4.54. The Morgan fingerprint density at radius 3 is 2.77 bits per heavy atom. The monoisotopic (exact) mass is 299 g/mol. The van der Waals surface area contributed by atoms with Crippen molar-refractivity contribution >= 4 is 17.8 Å². The molecule has 0 fully saturated rings. The lowest BCUT2D eigenvalue weighted by Crippen LogP contribution is -2.18. The fourth-order valence-corrected chi connectivity index (χ4v) is 1.82. The lowest BCUT2D eigenvalue weighted by molar-refractivity contribution is -0.385. The van der Waals surface area contributed by atoms with E-state index in [4.69, 9.17) is 0 Å². The highest BCUT2D eigenvalue weighted by molar-refractivity contribution is 5.98. The Bertz CT molecular complexity index is 756. The van der Waals surface area contributed by atoms with Crippen LogP contribution in [0.2, 0.25) is 0 Å². The van der Waals surface area contributed by atoms with Gasteiger partial charge in [0.1, 0.15) is 11.3 Å².